The largest absolute Gasteiger partial charge is 0.507 e. The summed E-state index contributed by atoms with van der Waals surface area (Å²) in [6, 6.07) is 18.0. The van der Waals surface area contributed by atoms with Gasteiger partial charge in [-0.25, -0.2) is 0 Å². The van der Waals surface area contributed by atoms with Gasteiger partial charge in [0.25, 0.3) is 5.91 Å². The van der Waals surface area contributed by atoms with Gasteiger partial charge in [0.05, 0.1) is 0 Å². The van der Waals surface area contributed by atoms with Crippen LogP contribution in [0.5, 0.6) is 5.75 Å². The van der Waals surface area contributed by atoms with Crippen molar-refractivity contribution in [1.82, 2.24) is 4.98 Å². The van der Waals surface area contributed by atoms with E-state index in [4.69, 9.17) is 0 Å². The topological polar surface area (TPSA) is 65.1 Å². The quantitative estimate of drug-likeness (QED) is 0.684. The van der Waals surface area contributed by atoms with Crippen LogP contribution < -0.4 is 5.32 Å². The lowest BCUT2D eigenvalue weighted by Gasteiger charge is -2.07. The Morgan fingerprint density at radius 3 is 2.38 bits per heavy atom. The zero-order valence-corrected chi connectivity index (χ0v) is 11.2. The fourth-order valence-corrected chi connectivity index (χ4v) is 2.12. The normalized spacial score (nSPS) is 10.3. The van der Waals surface area contributed by atoms with Crippen LogP contribution in [-0.2, 0) is 0 Å². The molecule has 3 rings (SSSR count). The lowest BCUT2D eigenvalue weighted by atomic mass is 10.0. The minimum atomic E-state index is -0.185. The van der Waals surface area contributed by atoms with E-state index in [1.54, 1.807) is 30.5 Å². The number of aromatic amines is 1. The van der Waals surface area contributed by atoms with Gasteiger partial charge in [-0.3, -0.25) is 4.79 Å². The molecule has 0 radical (unpaired) electrons. The van der Waals surface area contributed by atoms with Crippen LogP contribution in [0, 0.1) is 0 Å². The van der Waals surface area contributed by atoms with Crippen molar-refractivity contribution in [3.63, 3.8) is 0 Å². The molecular weight excluding hydrogens is 264 g/mol. The lowest BCUT2D eigenvalue weighted by molar-refractivity contribution is 0.102. The van der Waals surface area contributed by atoms with E-state index in [1.165, 1.54) is 0 Å². The molecule has 4 heteroatoms. The maximum absolute atomic E-state index is 11.9. The number of carbonyl (C=O) groups excluding carboxylic acids is 1. The predicted octanol–water partition coefficient (Wildman–Crippen LogP) is 3.64. The fraction of sp³-hybridized carbons (Fsp3) is 0. The van der Waals surface area contributed by atoms with Crippen LogP contribution in [0.3, 0.4) is 0 Å². The number of nitrogens with one attached hydrogen (secondary N) is 2. The van der Waals surface area contributed by atoms with Gasteiger partial charge in [-0.15, -0.1) is 0 Å². The van der Waals surface area contributed by atoms with Crippen molar-refractivity contribution >= 4 is 11.6 Å². The maximum Gasteiger partial charge on any atom is 0.272 e. The molecule has 104 valence electrons. The molecule has 3 aromatic rings. The van der Waals surface area contributed by atoms with Gasteiger partial charge in [-0.05, 0) is 35.9 Å². The monoisotopic (exact) mass is 278 g/mol. The molecule has 1 aromatic heterocycles. The first-order valence-corrected chi connectivity index (χ1v) is 6.57. The molecule has 0 aliphatic rings. The molecule has 0 bridgehead atoms. The van der Waals surface area contributed by atoms with E-state index in [0.717, 1.165) is 11.1 Å². The van der Waals surface area contributed by atoms with Crippen molar-refractivity contribution in [3.8, 4) is 16.9 Å². The van der Waals surface area contributed by atoms with Gasteiger partial charge in [0.2, 0.25) is 0 Å². The van der Waals surface area contributed by atoms with E-state index in [0.29, 0.717) is 11.4 Å². The first-order valence-electron chi connectivity index (χ1n) is 6.57. The minimum Gasteiger partial charge on any atom is -0.507 e. The third kappa shape index (κ3) is 2.79. The van der Waals surface area contributed by atoms with E-state index in [1.807, 2.05) is 36.4 Å². The maximum atomic E-state index is 11.9. The number of rotatable bonds is 3. The number of aromatic hydroxyl groups is 1. The van der Waals surface area contributed by atoms with Gasteiger partial charge >= 0.3 is 0 Å². The minimum absolute atomic E-state index is 0.185. The Kier molecular flexibility index (Phi) is 3.43. The van der Waals surface area contributed by atoms with E-state index in [9.17, 15) is 9.90 Å². The molecular formula is C17H14N2O2. The zero-order chi connectivity index (χ0) is 14.7. The summed E-state index contributed by atoms with van der Waals surface area (Å²) in [5.41, 5.74) is 2.87. The van der Waals surface area contributed by atoms with Crippen molar-refractivity contribution in [2.45, 2.75) is 0 Å². The van der Waals surface area contributed by atoms with Gasteiger partial charge in [-0.2, -0.15) is 0 Å². The molecule has 2 aromatic carbocycles. The SMILES string of the molecule is O=C(Nc1ccc(-c2ccccc2O)cc1)c1ccc[nH]1. The molecule has 0 aliphatic heterocycles. The number of hydrogen-bond acceptors (Lipinski definition) is 2. The molecule has 0 saturated heterocycles. The molecule has 21 heavy (non-hydrogen) atoms. The molecule has 0 unspecified atom stereocenters. The summed E-state index contributed by atoms with van der Waals surface area (Å²) in [5, 5.41) is 12.6. The number of hydrogen-bond donors (Lipinski definition) is 3. The van der Waals surface area contributed by atoms with Crippen LogP contribution in [0.4, 0.5) is 5.69 Å². The van der Waals surface area contributed by atoms with Crippen molar-refractivity contribution in [1.29, 1.82) is 0 Å². The van der Waals surface area contributed by atoms with Crippen molar-refractivity contribution in [2.24, 2.45) is 0 Å². The Bertz CT molecular complexity index is 747. The summed E-state index contributed by atoms with van der Waals surface area (Å²) in [7, 11) is 0. The standard InChI is InChI=1S/C17H14N2O2/c20-16-6-2-1-4-14(16)12-7-9-13(10-8-12)19-17(21)15-5-3-11-18-15/h1-11,18,20H,(H,19,21). The Labute approximate surface area is 122 Å². The predicted molar refractivity (Wildman–Crippen MR) is 82.3 cm³/mol. The van der Waals surface area contributed by atoms with Crippen LogP contribution >= 0.6 is 0 Å². The molecule has 4 nitrogen and oxygen atoms in total. The third-order valence-corrected chi connectivity index (χ3v) is 3.20. The zero-order valence-electron chi connectivity index (χ0n) is 11.2. The van der Waals surface area contributed by atoms with Gasteiger partial charge in [-0.1, -0.05) is 30.3 Å². The molecule has 1 amide bonds. The Morgan fingerprint density at radius 1 is 0.952 bits per heavy atom. The summed E-state index contributed by atoms with van der Waals surface area (Å²) in [4.78, 5) is 14.8. The summed E-state index contributed by atoms with van der Waals surface area (Å²) in [6.45, 7) is 0. The van der Waals surface area contributed by atoms with Gasteiger partial charge in [0.15, 0.2) is 0 Å². The Morgan fingerprint density at radius 2 is 1.71 bits per heavy atom. The first-order chi connectivity index (χ1) is 10.2. The second-order valence-corrected chi connectivity index (χ2v) is 4.63. The number of phenolic OH excluding ortho intramolecular Hbond substituents is 1. The molecule has 0 atom stereocenters. The van der Waals surface area contributed by atoms with Crippen molar-refractivity contribution in [2.75, 3.05) is 5.32 Å². The second-order valence-electron chi connectivity index (χ2n) is 4.63. The van der Waals surface area contributed by atoms with Crippen LogP contribution in [0.25, 0.3) is 11.1 Å². The molecule has 0 spiro atoms. The molecule has 0 fully saturated rings. The Hall–Kier alpha value is -3.01. The summed E-state index contributed by atoms with van der Waals surface area (Å²) in [6.07, 6.45) is 1.70. The summed E-state index contributed by atoms with van der Waals surface area (Å²) < 4.78 is 0. The molecule has 3 N–H and O–H groups in total. The van der Waals surface area contributed by atoms with E-state index >= 15 is 0 Å². The van der Waals surface area contributed by atoms with Crippen LogP contribution in [0.2, 0.25) is 0 Å². The number of aromatic nitrogens is 1. The highest BCUT2D eigenvalue weighted by atomic mass is 16.3. The number of carbonyl (C=O) groups is 1. The highest BCUT2D eigenvalue weighted by Crippen LogP contribution is 2.29. The smallest absolute Gasteiger partial charge is 0.272 e. The number of para-hydroxylation sites is 1. The number of benzene rings is 2. The fourth-order valence-electron chi connectivity index (χ4n) is 2.12. The third-order valence-electron chi connectivity index (χ3n) is 3.20. The summed E-state index contributed by atoms with van der Waals surface area (Å²) >= 11 is 0. The summed E-state index contributed by atoms with van der Waals surface area (Å²) in [5.74, 6) is 0.0518. The van der Waals surface area contributed by atoms with Crippen LogP contribution in [0.15, 0.2) is 66.9 Å². The van der Waals surface area contributed by atoms with Gasteiger partial charge in [0.1, 0.15) is 11.4 Å². The number of amides is 1. The highest BCUT2D eigenvalue weighted by molar-refractivity contribution is 6.03. The molecule has 0 saturated carbocycles. The van der Waals surface area contributed by atoms with Crippen LogP contribution in [-0.4, -0.2) is 16.0 Å². The number of H-pyrrole nitrogens is 1. The Balaban J connectivity index is 1.79. The highest BCUT2D eigenvalue weighted by Gasteiger charge is 2.07. The average molecular weight is 278 g/mol. The first kappa shape index (κ1) is 13.0. The number of phenols is 1. The van der Waals surface area contributed by atoms with E-state index in [-0.39, 0.29) is 11.7 Å². The van der Waals surface area contributed by atoms with E-state index in [2.05, 4.69) is 10.3 Å². The molecule has 1 heterocycles. The second kappa shape index (κ2) is 5.54. The van der Waals surface area contributed by atoms with E-state index < -0.39 is 0 Å². The van der Waals surface area contributed by atoms with Crippen molar-refractivity contribution < 1.29 is 9.90 Å². The number of anilines is 1. The lowest BCUT2D eigenvalue weighted by Crippen LogP contribution is -2.11. The molecule has 0 aliphatic carbocycles. The van der Waals surface area contributed by atoms with Gasteiger partial charge in [0, 0.05) is 17.4 Å². The van der Waals surface area contributed by atoms with Gasteiger partial charge < -0.3 is 15.4 Å². The van der Waals surface area contributed by atoms with Crippen molar-refractivity contribution in [3.05, 3.63) is 72.6 Å². The average Bonchev–Trinajstić information content (AvgIpc) is 3.03. The van der Waals surface area contributed by atoms with Crippen LogP contribution in [0.1, 0.15) is 10.5 Å².